The second kappa shape index (κ2) is 4.89. The van der Waals surface area contributed by atoms with Crippen molar-refractivity contribution in [2.24, 2.45) is 17.1 Å². The summed E-state index contributed by atoms with van der Waals surface area (Å²) in [6.07, 6.45) is 9.32. The zero-order valence-electron chi connectivity index (χ0n) is 11.9. The minimum absolute atomic E-state index is 0.279. The molecule has 0 bridgehead atoms. The Morgan fingerprint density at radius 2 is 1.76 bits per heavy atom. The summed E-state index contributed by atoms with van der Waals surface area (Å²) in [6, 6.07) is 0.786. The van der Waals surface area contributed by atoms with Crippen LogP contribution in [0.1, 0.15) is 65.7 Å². The third kappa shape index (κ3) is 3.03. The Hall–Kier alpha value is -0.0800. The van der Waals surface area contributed by atoms with E-state index in [1.54, 1.807) is 0 Å². The van der Waals surface area contributed by atoms with E-state index in [0.29, 0.717) is 5.41 Å². The van der Waals surface area contributed by atoms with Crippen molar-refractivity contribution in [3.63, 3.8) is 0 Å². The van der Waals surface area contributed by atoms with Gasteiger partial charge in [0, 0.05) is 18.1 Å². The summed E-state index contributed by atoms with van der Waals surface area (Å²) in [7, 11) is 0. The Bertz CT molecular complexity index is 248. The fraction of sp³-hybridized carbons (Fsp3) is 1.00. The van der Waals surface area contributed by atoms with Crippen molar-refractivity contribution in [2.75, 3.05) is 6.54 Å². The molecule has 2 rings (SSSR count). The zero-order valence-corrected chi connectivity index (χ0v) is 11.9. The Morgan fingerprint density at radius 3 is 2.18 bits per heavy atom. The normalized spacial score (nSPS) is 34.9. The van der Waals surface area contributed by atoms with Crippen molar-refractivity contribution < 1.29 is 0 Å². The quantitative estimate of drug-likeness (QED) is 0.772. The van der Waals surface area contributed by atoms with Crippen LogP contribution in [0.5, 0.6) is 0 Å². The molecule has 2 aliphatic rings. The molecule has 0 saturated heterocycles. The fourth-order valence-corrected chi connectivity index (χ4v) is 3.31. The summed E-state index contributed by atoms with van der Waals surface area (Å²) >= 11 is 0. The first kappa shape index (κ1) is 13.4. The molecule has 2 aliphatic carbocycles. The van der Waals surface area contributed by atoms with Crippen molar-refractivity contribution in [3.8, 4) is 0 Å². The average Bonchev–Trinajstić information content (AvgIpc) is 3.13. The van der Waals surface area contributed by atoms with Crippen LogP contribution in [-0.2, 0) is 0 Å². The molecule has 0 aromatic rings. The SMILES string of the molecule is CCC(C)(C)C1CCC(CN)(NC2CC2)CC1. The third-order valence-corrected chi connectivity index (χ3v) is 5.44. The van der Waals surface area contributed by atoms with E-state index < -0.39 is 0 Å². The second-order valence-electron chi connectivity index (χ2n) is 7.02. The molecular formula is C15H30N2. The van der Waals surface area contributed by atoms with Gasteiger partial charge in [0.15, 0.2) is 0 Å². The number of rotatable bonds is 5. The molecule has 0 aromatic carbocycles. The van der Waals surface area contributed by atoms with E-state index in [1.807, 2.05) is 0 Å². The average molecular weight is 238 g/mol. The van der Waals surface area contributed by atoms with Gasteiger partial charge in [-0.3, -0.25) is 0 Å². The summed E-state index contributed by atoms with van der Waals surface area (Å²) < 4.78 is 0. The fourth-order valence-electron chi connectivity index (χ4n) is 3.31. The molecule has 0 unspecified atom stereocenters. The molecule has 100 valence electrons. The van der Waals surface area contributed by atoms with Crippen LogP contribution >= 0.6 is 0 Å². The predicted molar refractivity (Wildman–Crippen MR) is 74.0 cm³/mol. The van der Waals surface area contributed by atoms with Crippen molar-refractivity contribution in [1.29, 1.82) is 0 Å². The summed E-state index contributed by atoms with van der Waals surface area (Å²) in [6.45, 7) is 8.01. The second-order valence-corrected chi connectivity index (χ2v) is 7.02. The molecule has 3 N–H and O–H groups in total. The molecule has 0 aromatic heterocycles. The van der Waals surface area contributed by atoms with Crippen molar-refractivity contribution >= 4 is 0 Å². The lowest BCUT2D eigenvalue weighted by atomic mass is 9.65. The van der Waals surface area contributed by atoms with E-state index in [2.05, 4.69) is 26.1 Å². The van der Waals surface area contributed by atoms with Crippen LogP contribution in [0.25, 0.3) is 0 Å². The maximum Gasteiger partial charge on any atom is 0.0306 e. The maximum atomic E-state index is 6.04. The van der Waals surface area contributed by atoms with Gasteiger partial charge in [0.1, 0.15) is 0 Å². The Labute approximate surface area is 107 Å². The number of hydrogen-bond acceptors (Lipinski definition) is 2. The topological polar surface area (TPSA) is 38.0 Å². The minimum Gasteiger partial charge on any atom is -0.329 e. The molecule has 2 saturated carbocycles. The summed E-state index contributed by atoms with van der Waals surface area (Å²) in [5.74, 6) is 0.896. The Morgan fingerprint density at radius 1 is 1.18 bits per heavy atom. The van der Waals surface area contributed by atoms with Gasteiger partial charge >= 0.3 is 0 Å². The van der Waals surface area contributed by atoms with Gasteiger partial charge in [0.25, 0.3) is 0 Å². The highest BCUT2D eigenvalue weighted by atomic mass is 15.1. The number of hydrogen-bond donors (Lipinski definition) is 2. The van der Waals surface area contributed by atoms with Gasteiger partial charge in [-0.1, -0.05) is 27.2 Å². The highest BCUT2D eigenvalue weighted by molar-refractivity contribution is 5.00. The largest absolute Gasteiger partial charge is 0.329 e. The van der Waals surface area contributed by atoms with E-state index in [9.17, 15) is 0 Å². The molecule has 2 nitrogen and oxygen atoms in total. The zero-order chi connectivity index (χ0) is 12.5. The van der Waals surface area contributed by atoms with E-state index in [0.717, 1.165) is 18.5 Å². The first-order chi connectivity index (χ1) is 8.01. The molecule has 0 aliphatic heterocycles. The molecular weight excluding hydrogens is 208 g/mol. The van der Waals surface area contributed by atoms with E-state index >= 15 is 0 Å². The molecule has 17 heavy (non-hydrogen) atoms. The molecule has 0 radical (unpaired) electrons. The van der Waals surface area contributed by atoms with Crippen LogP contribution in [0.2, 0.25) is 0 Å². The molecule has 0 amide bonds. The molecule has 0 heterocycles. The van der Waals surface area contributed by atoms with E-state index in [-0.39, 0.29) is 5.54 Å². The van der Waals surface area contributed by atoms with E-state index in [4.69, 9.17) is 5.73 Å². The predicted octanol–water partition coefficient (Wildman–Crippen LogP) is 3.06. The van der Waals surface area contributed by atoms with Gasteiger partial charge in [0.05, 0.1) is 0 Å². The smallest absolute Gasteiger partial charge is 0.0306 e. The lowest BCUT2D eigenvalue weighted by Gasteiger charge is -2.45. The summed E-state index contributed by atoms with van der Waals surface area (Å²) in [5, 5.41) is 3.82. The van der Waals surface area contributed by atoms with Crippen molar-refractivity contribution in [2.45, 2.75) is 77.3 Å². The molecule has 2 fully saturated rings. The van der Waals surface area contributed by atoms with Gasteiger partial charge in [-0.15, -0.1) is 0 Å². The van der Waals surface area contributed by atoms with E-state index in [1.165, 1.54) is 44.9 Å². The van der Waals surface area contributed by atoms with Gasteiger partial charge in [-0.2, -0.15) is 0 Å². The van der Waals surface area contributed by atoms with Crippen LogP contribution in [0.4, 0.5) is 0 Å². The first-order valence-corrected chi connectivity index (χ1v) is 7.49. The monoisotopic (exact) mass is 238 g/mol. The standard InChI is InChI=1S/C15H30N2/c1-4-14(2,3)12-7-9-15(11-16,10-8-12)17-13-5-6-13/h12-13,17H,4-11,16H2,1-3H3. The molecule has 2 heteroatoms. The lowest BCUT2D eigenvalue weighted by Crippen LogP contribution is -2.55. The van der Waals surface area contributed by atoms with Gasteiger partial charge < -0.3 is 11.1 Å². The van der Waals surface area contributed by atoms with Crippen LogP contribution < -0.4 is 11.1 Å². The first-order valence-electron chi connectivity index (χ1n) is 7.49. The molecule has 0 spiro atoms. The van der Waals surface area contributed by atoms with Crippen LogP contribution in [-0.4, -0.2) is 18.1 Å². The van der Waals surface area contributed by atoms with Crippen molar-refractivity contribution in [1.82, 2.24) is 5.32 Å². The maximum absolute atomic E-state index is 6.04. The van der Waals surface area contributed by atoms with Crippen LogP contribution in [0, 0.1) is 11.3 Å². The Balaban J connectivity index is 1.90. The van der Waals surface area contributed by atoms with Gasteiger partial charge in [0.2, 0.25) is 0 Å². The summed E-state index contributed by atoms with van der Waals surface area (Å²) in [4.78, 5) is 0. The molecule has 0 atom stereocenters. The third-order valence-electron chi connectivity index (χ3n) is 5.44. The lowest BCUT2D eigenvalue weighted by molar-refractivity contribution is 0.101. The highest BCUT2D eigenvalue weighted by Gasteiger charge is 2.41. The van der Waals surface area contributed by atoms with Crippen molar-refractivity contribution in [3.05, 3.63) is 0 Å². The van der Waals surface area contributed by atoms with Crippen LogP contribution in [0.15, 0.2) is 0 Å². The van der Waals surface area contributed by atoms with Gasteiger partial charge in [-0.05, 0) is 49.9 Å². The highest BCUT2D eigenvalue weighted by Crippen LogP contribution is 2.43. The number of nitrogens with two attached hydrogens (primary N) is 1. The Kier molecular flexibility index (Phi) is 3.84. The number of nitrogens with one attached hydrogen (secondary N) is 1. The minimum atomic E-state index is 0.279. The van der Waals surface area contributed by atoms with Gasteiger partial charge in [-0.25, -0.2) is 0 Å². The van der Waals surface area contributed by atoms with Crippen LogP contribution in [0.3, 0.4) is 0 Å². The summed E-state index contributed by atoms with van der Waals surface area (Å²) in [5.41, 5.74) is 6.83.